The molecule has 0 spiro atoms. The van der Waals surface area contributed by atoms with Crippen molar-refractivity contribution >= 4 is 23.2 Å². The van der Waals surface area contributed by atoms with Gasteiger partial charge in [-0.15, -0.1) is 0 Å². The highest BCUT2D eigenvalue weighted by Gasteiger charge is 2.30. The molecule has 1 N–H and O–H groups in total. The van der Waals surface area contributed by atoms with Gasteiger partial charge in [-0.3, -0.25) is 9.59 Å². The Hall–Kier alpha value is -2.08. The van der Waals surface area contributed by atoms with Crippen molar-refractivity contribution in [2.75, 3.05) is 43.0 Å². The van der Waals surface area contributed by atoms with Gasteiger partial charge < -0.3 is 19.9 Å². The van der Waals surface area contributed by atoms with Gasteiger partial charge in [0.15, 0.2) is 0 Å². The molecule has 0 bridgehead atoms. The van der Waals surface area contributed by atoms with E-state index in [1.807, 2.05) is 29.2 Å². The van der Waals surface area contributed by atoms with Crippen LogP contribution in [-0.2, 0) is 14.3 Å². The van der Waals surface area contributed by atoms with Crippen LogP contribution in [0.25, 0.3) is 0 Å². The first-order valence-corrected chi connectivity index (χ1v) is 8.16. The van der Waals surface area contributed by atoms with E-state index in [4.69, 9.17) is 4.74 Å². The number of benzene rings is 1. The first-order chi connectivity index (χ1) is 11.1. The number of anilines is 2. The van der Waals surface area contributed by atoms with Gasteiger partial charge in [-0.25, -0.2) is 0 Å². The molecule has 1 atom stereocenters. The van der Waals surface area contributed by atoms with E-state index in [-0.39, 0.29) is 17.9 Å². The summed E-state index contributed by atoms with van der Waals surface area (Å²) >= 11 is 0. The van der Waals surface area contributed by atoms with E-state index >= 15 is 0 Å². The Balaban J connectivity index is 1.54. The monoisotopic (exact) mass is 317 g/mol. The lowest BCUT2D eigenvalue weighted by Gasteiger charge is -2.37. The highest BCUT2D eigenvalue weighted by molar-refractivity contribution is 5.88. The fourth-order valence-corrected chi connectivity index (χ4v) is 3.12. The van der Waals surface area contributed by atoms with Gasteiger partial charge in [-0.1, -0.05) is 0 Å². The molecule has 2 amide bonds. The number of carbonyl (C=O) groups is 2. The van der Waals surface area contributed by atoms with E-state index in [1.165, 1.54) is 6.92 Å². The first kappa shape index (κ1) is 15.8. The van der Waals surface area contributed by atoms with Crippen LogP contribution in [0.1, 0.15) is 19.8 Å². The summed E-state index contributed by atoms with van der Waals surface area (Å²) in [5, 5.41) is 2.76. The number of amides is 2. The van der Waals surface area contributed by atoms with Crippen LogP contribution < -0.4 is 10.2 Å². The summed E-state index contributed by atoms with van der Waals surface area (Å²) < 4.78 is 5.48. The lowest BCUT2D eigenvalue weighted by Crippen LogP contribution is -2.51. The van der Waals surface area contributed by atoms with Gasteiger partial charge in [0.25, 0.3) is 5.91 Å². The number of nitrogens with one attached hydrogen (secondary N) is 1. The molecule has 1 unspecified atom stereocenters. The second-order valence-electron chi connectivity index (χ2n) is 6.04. The van der Waals surface area contributed by atoms with E-state index in [1.54, 1.807) is 0 Å². The van der Waals surface area contributed by atoms with Crippen LogP contribution in [0.4, 0.5) is 11.4 Å². The second-order valence-corrected chi connectivity index (χ2v) is 6.04. The smallest absolute Gasteiger partial charge is 0.251 e. The molecule has 2 heterocycles. The maximum atomic E-state index is 12.3. The fraction of sp³-hybridized carbons (Fsp3) is 0.529. The molecule has 0 radical (unpaired) electrons. The van der Waals surface area contributed by atoms with Gasteiger partial charge in [0.05, 0.1) is 0 Å². The van der Waals surface area contributed by atoms with Crippen LogP contribution in [0.3, 0.4) is 0 Å². The van der Waals surface area contributed by atoms with E-state index < -0.39 is 0 Å². The number of rotatable bonds is 3. The summed E-state index contributed by atoms with van der Waals surface area (Å²) in [5.74, 6) is 0.0714. The largest absolute Gasteiger partial charge is 0.368 e. The average Bonchev–Trinajstić information content (AvgIpc) is 3.09. The maximum absolute atomic E-state index is 12.3. The SMILES string of the molecule is CC(=O)Nc1ccc(N2CCN(C(=O)C3CCCO3)CC2)cc1. The van der Waals surface area contributed by atoms with Crippen LogP contribution in [0.2, 0.25) is 0 Å². The maximum Gasteiger partial charge on any atom is 0.251 e. The molecule has 6 nitrogen and oxygen atoms in total. The van der Waals surface area contributed by atoms with Gasteiger partial charge in [-0.2, -0.15) is 0 Å². The molecule has 0 aliphatic carbocycles. The number of ether oxygens (including phenoxy) is 1. The molecule has 3 rings (SSSR count). The topological polar surface area (TPSA) is 61.9 Å². The predicted molar refractivity (Wildman–Crippen MR) is 88.5 cm³/mol. The first-order valence-electron chi connectivity index (χ1n) is 8.16. The molecule has 124 valence electrons. The van der Waals surface area contributed by atoms with Crippen molar-refractivity contribution in [3.8, 4) is 0 Å². The molecule has 6 heteroatoms. The molecule has 1 aromatic rings. The molecule has 2 fully saturated rings. The summed E-state index contributed by atoms with van der Waals surface area (Å²) in [5.41, 5.74) is 1.91. The number of piperazine rings is 1. The van der Waals surface area contributed by atoms with Crippen LogP contribution >= 0.6 is 0 Å². The van der Waals surface area contributed by atoms with Crippen LogP contribution in [0.5, 0.6) is 0 Å². The Morgan fingerprint density at radius 2 is 1.83 bits per heavy atom. The van der Waals surface area contributed by atoms with Crippen LogP contribution in [0.15, 0.2) is 24.3 Å². The van der Waals surface area contributed by atoms with Crippen LogP contribution in [-0.4, -0.2) is 55.6 Å². The summed E-state index contributed by atoms with van der Waals surface area (Å²) in [6.07, 6.45) is 1.61. The van der Waals surface area contributed by atoms with E-state index in [2.05, 4.69) is 10.2 Å². The molecular weight excluding hydrogens is 294 g/mol. The standard InChI is InChI=1S/C17H23N3O3/c1-13(21)18-14-4-6-15(7-5-14)19-8-10-20(11-9-19)17(22)16-3-2-12-23-16/h4-7,16H,2-3,8-12H2,1H3,(H,18,21). The highest BCUT2D eigenvalue weighted by Crippen LogP contribution is 2.21. The summed E-state index contributed by atoms with van der Waals surface area (Å²) in [7, 11) is 0. The Morgan fingerprint density at radius 1 is 1.13 bits per heavy atom. The average molecular weight is 317 g/mol. The third-order valence-corrected chi connectivity index (χ3v) is 4.35. The zero-order valence-electron chi connectivity index (χ0n) is 13.5. The van der Waals surface area contributed by atoms with Crippen molar-refractivity contribution < 1.29 is 14.3 Å². The highest BCUT2D eigenvalue weighted by atomic mass is 16.5. The summed E-state index contributed by atoms with van der Waals surface area (Å²) in [6, 6.07) is 7.81. The van der Waals surface area contributed by atoms with E-state index in [9.17, 15) is 9.59 Å². The molecule has 23 heavy (non-hydrogen) atoms. The second kappa shape index (κ2) is 7.00. The van der Waals surface area contributed by atoms with E-state index in [0.717, 1.165) is 50.4 Å². The Morgan fingerprint density at radius 3 is 2.39 bits per heavy atom. The van der Waals surface area contributed by atoms with Gasteiger partial charge in [-0.05, 0) is 37.1 Å². The lowest BCUT2D eigenvalue weighted by atomic mass is 10.2. The summed E-state index contributed by atoms with van der Waals surface area (Å²) in [6.45, 7) is 5.30. The van der Waals surface area contributed by atoms with Crippen molar-refractivity contribution in [3.63, 3.8) is 0 Å². The molecule has 2 saturated heterocycles. The van der Waals surface area contributed by atoms with Crippen LogP contribution in [0, 0.1) is 0 Å². The zero-order chi connectivity index (χ0) is 16.2. The minimum atomic E-state index is -0.224. The van der Waals surface area contributed by atoms with Gasteiger partial charge in [0.1, 0.15) is 6.10 Å². The van der Waals surface area contributed by atoms with Crippen molar-refractivity contribution in [1.82, 2.24) is 4.90 Å². The molecule has 1 aromatic carbocycles. The molecule has 0 saturated carbocycles. The van der Waals surface area contributed by atoms with Gasteiger partial charge in [0.2, 0.25) is 5.91 Å². The third-order valence-electron chi connectivity index (χ3n) is 4.35. The Kier molecular flexibility index (Phi) is 4.81. The summed E-state index contributed by atoms with van der Waals surface area (Å²) in [4.78, 5) is 27.5. The van der Waals surface area contributed by atoms with E-state index in [0.29, 0.717) is 6.61 Å². The third kappa shape index (κ3) is 3.82. The lowest BCUT2D eigenvalue weighted by molar-refractivity contribution is -0.141. The van der Waals surface area contributed by atoms with Gasteiger partial charge in [0, 0.05) is 51.1 Å². The molecule has 2 aliphatic rings. The van der Waals surface area contributed by atoms with Crippen molar-refractivity contribution in [2.24, 2.45) is 0 Å². The minimum absolute atomic E-state index is 0.0704. The van der Waals surface area contributed by atoms with Crippen molar-refractivity contribution in [3.05, 3.63) is 24.3 Å². The normalized spacial score (nSPS) is 21.3. The molecule has 0 aromatic heterocycles. The van der Waals surface area contributed by atoms with Crippen molar-refractivity contribution in [1.29, 1.82) is 0 Å². The molecule has 2 aliphatic heterocycles. The number of hydrogen-bond acceptors (Lipinski definition) is 4. The predicted octanol–water partition coefficient (Wildman–Crippen LogP) is 1.47. The fourth-order valence-electron chi connectivity index (χ4n) is 3.12. The Labute approximate surface area is 136 Å². The van der Waals surface area contributed by atoms with Gasteiger partial charge >= 0.3 is 0 Å². The molecular formula is C17H23N3O3. The Bertz CT molecular complexity index is 559. The van der Waals surface area contributed by atoms with Crippen molar-refractivity contribution in [2.45, 2.75) is 25.9 Å². The number of nitrogens with zero attached hydrogens (tertiary/aromatic N) is 2. The number of hydrogen-bond donors (Lipinski definition) is 1. The number of carbonyl (C=O) groups excluding carboxylic acids is 2. The minimum Gasteiger partial charge on any atom is -0.368 e. The quantitative estimate of drug-likeness (QED) is 0.917. The zero-order valence-corrected chi connectivity index (χ0v) is 13.5.